The zero-order valence-corrected chi connectivity index (χ0v) is 20.5. The molecule has 1 amide bonds. The number of nitrogens with zero attached hydrogens (tertiary/aromatic N) is 2. The van der Waals surface area contributed by atoms with Crippen molar-refractivity contribution in [1.29, 1.82) is 0 Å². The van der Waals surface area contributed by atoms with Crippen LogP contribution >= 0.6 is 46.3 Å². The highest BCUT2D eigenvalue weighted by atomic mass is 35.5. The van der Waals surface area contributed by atoms with E-state index in [-0.39, 0.29) is 5.91 Å². The number of methoxy groups -OCH3 is 3. The Morgan fingerprint density at radius 1 is 1.09 bits per heavy atom. The van der Waals surface area contributed by atoms with Crippen LogP contribution in [0.3, 0.4) is 0 Å². The molecular formula is C21H19Cl2N3O4S2. The first-order valence-corrected chi connectivity index (χ1v) is 11.7. The fraction of sp³-hybridized carbons (Fsp3) is 0.190. The molecule has 1 heterocycles. The molecule has 1 N–H and O–H groups in total. The van der Waals surface area contributed by atoms with E-state index in [4.69, 9.17) is 37.4 Å². The number of hydrogen-bond donors (Lipinski definition) is 1. The molecule has 0 radical (unpaired) electrons. The van der Waals surface area contributed by atoms with Crippen molar-refractivity contribution in [3.63, 3.8) is 0 Å². The lowest BCUT2D eigenvalue weighted by atomic mass is 10.1. The Hall–Kier alpha value is -2.46. The van der Waals surface area contributed by atoms with E-state index in [0.29, 0.717) is 48.1 Å². The topological polar surface area (TPSA) is 82.6 Å². The molecule has 11 heteroatoms. The summed E-state index contributed by atoms with van der Waals surface area (Å²) in [5.74, 6) is 1.75. The van der Waals surface area contributed by atoms with Crippen molar-refractivity contribution in [2.75, 3.05) is 26.6 Å². The van der Waals surface area contributed by atoms with Crippen molar-refractivity contribution < 1.29 is 19.0 Å². The minimum absolute atomic E-state index is 0.341. The molecule has 32 heavy (non-hydrogen) atoms. The molecular weight excluding hydrogens is 493 g/mol. The van der Waals surface area contributed by atoms with Crippen LogP contribution in [0.15, 0.2) is 40.7 Å². The lowest BCUT2D eigenvalue weighted by molar-refractivity contribution is -0.111. The first-order chi connectivity index (χ1) is 15.4. The van der Waals surface area contributed by atoms with Crippen LogP contribution < -0.4 is 19.5 Å². The van der Waals surface area contributed by atoms with E-state index < -0.39 is 0 Å². The van der Waals surface area contributed by atoms with Gasteiger partial charge in [-0.25, -0.2) is 0 Å². The number of amides is 1. The SMILES string of the molecule is COc1cc(/C=C/C(=O)Nc2nnc(SCc3ccc(Cl)cc3Cl)s2)cc(OC)c1OC. The van der Waals surface area contributed by atoms with Crippen molar-refractivity contribution in [2.45, 2.75) is 10.1 Å². The molecule has 3 aromatic rings. The molecule has 0 fully saturated rings. The Balaban J connectivity index is 1.61. The third kappa shape index (κ3) is 6.29. The van der Waals surface area contributed by atoms with Gasteiger partial charge in [-0.15, -0.1) is 10.2 Å². The van der Waals surface area contributed by atoms with Gasteiger partial charge in [0.2, 0.25) is 16.8 Å². The molecule has 168 valence electrons. The average Bonchev–Trinajstić information content (AvgIpc) is 3.23. The number of carbonyl (C=O) groups is 1. The fourth-order valence-corrected chi connectivity index (χ4v) is 4.93. The third-order valence-corrected chi connectivity index (χ3v) is 6.72. The maximum Gasteiger partial charge on any atom is 0.250 e. The van der Waals surface area contributed by atoms with Gasteiger partial charge in [-0.1, -0.05) is 52.4 Å². The minimum atomic E-state index is -0.341. The van der Waals surface area contributed by atoms with E-state index in [1.165, 1.54) is 50.5 Å². The molecule has 1 aromatic heterocycles. The van der Waals surface area contributed by atoms with Crippen molar-refractivity contribution in [1.82, 2.24) is 10.2 Å². The second kappa shape index (κ2) is 11.4. The summed E-state index contributed by atoms with van der Waals surface area (Å²) in [6.07, 6.45) is 3.03. The zero-order valence-electron chi connectivity index (χ0n) is 17.3. The Bertz CT molecular complexity index is 1110. The molecule has 0 saturated carbocycles. The Morgan fingerprint density at radius 2 is 1.81 bits per heavy atom. The number of hydrogen-bond acceptors (Lipinski definition) is 8. The average molecular weight is 512 g/mol. The summed E-state index contributed by atoms with van der Waals surface area (Å²) in [6, 6.07) is 8.84. The Kier molecular flexibility index (Phi) is 8.63. The number of halogens is 2. The van der Waals surface area contributed by atoms with Crippen molar-refractivity contribution >= 4 is 63.4 Å². The van der Waals surface area contributed by atoms with E-state index in [1.807, 2.05) is 6.07 Å². The van der Waals surface area contributed by atoms with E-state index >= 15 is 0 Å². The van der Waals surface area contributed by atoms with E-state index in [0.717, 1.165) is 5.56 Å². The summed E-state index contributed by atoms with van der Waals surface area (Å²) in [6.45, 7) is 0. The number of rotatable bonds is 9. The Labute approximate surface area is 203 Å². The van der Waals surface area contributed by atoms with Gasteiger partial charge in [-0.05, 0) is 41.5 Å². The second-order valence-corrected chi connectivity index (χ2v) is 9.22. The molecule has 7 nitrogen and oxygen atoms in total. The number of ether oxygens (including phenoxy) is 3. The lowest BCUT2D eigenvalue weighted by Gasteiger charge is -2.12. The van der Waals surface area contributed by atoms with Gasteiger partial charge in [0, 0.05) is 21.9 Å². The van der Waals surface area contributed by atoms with Gasteiger partial charge < -0.3 is 14.2 Å². The molecule has 3 rings (SSSR count). The largest absolute Gasteiger partial charge is 0.493 e. The van der Waals surface area contributed by atoms with Gasteiger partial charge in [0.05, 0.1) is 21.3 Å². The van der Waals surface area contributed by atoms with Gasteiger partial charge >= 0.3 is 0 Å². The van der Waals surface area contributed by atoms with Crippen molar-refractivity contribution in [2.24, 2.45) is 0 Å². The molecule has 0 aliphatic rings. The van der Waals surface area contributed by atoms with Crippen LogP contribution in [-0.2, 0) is 10.5 Å². The zero-order chi connectivity index (χ0) is 23.1. The standard InChI is InChI=1S/C21H19Cl2N3O4S2/c1-28-16-8-12(9-17(29-2)19(16)30-3)4-7-18(27)24-20-25-26-21(32-20)31-11-13-5-6-14(22)10-15(13)23/h4-10H,11H2,1-3H3,(H,24,25,27)/b7-4+. The van der Waals surface area contributed by atoms with Crippen LogP contribution in [0.4, 0.5) is 5.13 Å². The first-order valence-electron chi connectivity index (χ1n) is 9.12. The van der Waals surface area contributed by atoms with Gasteiger partial charge in [-0.3, -0.25) is 10.1 Å². The molecule has 0 saturated heterocycles. The van der Waals surface area contributed by atoms with Crippen LogP contribution in [0.2, 0.25) is 10.0 Å². The highest BCUT2D eigenvalue weighted by Gasteiger charge is 2.13. The number of nitrogens with one attached hydrogen (secondary N) is 1. The predicted octanol–water partition coefficient (Wildman–Crippen LogP) is 5.81. The van der Waals surface area contributed by atoms with E-state index in [9.17, 15) is 4.79 Å². The fourth-order valence-electron chi connectivity index (χ4n) is 2.61. The number of thioether (sulfide) groups is 1. The van der Waals surface area contributed by atoms with E-state index in [2.05, 4.69) is 15.5 Å². The lowest BCUT2D eigenvalue weighted by Crippen LogP contribution is -2.07. The normalized spacial score (nSPS) is 10.9. The van der Waals surface area contributed by atoms with Crippen LogP contribution in [-0.4, -0.2) is 37.4 Å². The van der Waals surface area contributed by atoms with Crippen molar-refractivity contribution in [3.05, 3.63) is 57.6 Å². The molecule has 0 atom stereocenters. The maximum atomic E-state index is 12.3. The quantitative estimate of drug-likeness (QED) is 0.220. The number of benzene rings is 2. The highest BCUT2D eigenvalue weighted by Crippen LogP contribution is 2.38. The minimum Gasteiger partial charge on any atom is -0.493 e. The predicted molar refractivity (Wildman–Crippen MR) is 130 cm³/mol. The molecule has 0 aliphatic carbocycles. The Morgan fingerprint density at radius 3 is 2.44 bits per heavy atom. The van der Waals surface area contributed by atoms with Crippen LogP contribution in [0.5, 0.6) is 17.2 Å². The molecule has 0 unspecified atom stereocenters. The van der Waals surface area contributed by atoms with Crippen LogP contribution in [0.25, 0.3) is 6.08 Å². The molecule has 2 aromatic carbocycles. The summed E-state index contributed by atoms with van der Waals surface area (Å²) in [5.41, 5.74) is 1.65. The summed E-state index contributed by atoms with van der Waals surface area (Å²) in [7, 11) is 4.59. The maximum absolute atomic E-state index is 12.3. The van der Waals surface area contributed by atoms with Gasteiger partial charge in [0.25, 0.3) is 0 Å². The summed E-state index contributed by atoms with van der Waals surface area (Å²) in [4.78, 5) is 12.3. The second-order valence-electron chi connectivity index (χ2n) is 6.18. The van der Waals surface area contributed by atoms with Crippen molar-refractivity contribution in [3.8, 4) is 17.2 Å². The van der Waals surface area contributed by atoms with Gasteiger partial charge in [-0.2, -0.15) is 0 Å². The van der Waals surface area contributed by atoms with Crippen LogP contribution in [0, 0.1) is 0 Å². The molecule has 0 spiro atoms. The highest BCUT2D eigenvalue weighted by molar-refractivity contribution is 8.00. The smallest absolute Gasteiger partial charge is 0.250 e. The molecule has 0 bridgehead atoms. The summed E-state index contributed by atoms with van der Waals surface area (Å²) >= 11 is 14.9. The van der Waals surface area contributed by atoms with Gasteiger partial charge in [0.1, 0.15) is 0 Å². The number of anilines is 1. The number of carbonyl (C=O) groups excluding carboxylic acids is 1. The summed E-state index contributed by atoms with van der Waals surface area (Å²) in [5, 5.41) is 12.4. The van der Waals surface area contributed by atoms with Gasteiger partial charge in [0.15, 0.2) is 15.8 Å². The first kappa shape index (κ1) is 24.2. The van der Waals surface area contributed by atoms with E-state index in [1.54, 1.807) is 30.3 Å². The number of aromatic nitrogens is 2. The third-order valence-electron chi connectivity index (χ3n) is 4.12. The summed E-state index contributed by atoms with van der Waals surface area (Å²) < 4.78 is 16.6. The van der Waals surface area contributed by atoms with Crippen LogP contribution in [0.1, 0.15) is 11.1 Å². The molecule has 0 aliphatic heterocycles. The monoisotopic (exact) mass is 511 g/mol.